The Morgan fingerprint density at radius 2 is 2.03 bits per heavy atom. The van der Waals surface area contributed by atoms with Gasteiger partial charge in [0, 0.05) is 31.4 Å². The molecule has 0 unspecified atom stereocenters. The zero-order valence-corrected chi connectivity index (χ0v) is 17.9. The van der Waals surface area contributed by atoms with Gasteiger partial charge in [-0.05, 0) is 31.1 Å². The van der Waals surface area contributed by atoms with Gasteiger partial charge in [0.2, 0.25) is 15.9 Å². The summed E-state index contributed by atoms with van der Waals surface area (Å²) in [7, 11) is -3.72. The van der Waals surface area contributed by atoms with E-state index in [-0.39, 0.29) is 18.0 Å². The van der Waals surface area contributed by atoms with E-state index in [0.29, 0.717) is 29.7 Å². The zero-order chi connectivity index (χ0) is 21.2. The maximum absolute atomic E-state index is 12.6. The number of pyridine rings is 1. The number of aromatic nitrogens is 4. The van der Waals surface area contributed by atoms with Crippen LogP contribution in [-0.2, 0) is 27.9 Å². The lowest BCUT2D eigenvalue weighted by molar-refractivity contribution is -0.121. The first-order chi connectivity index (χ1) is 13.8. The fraction of sp³-hybridized carbons (Fsp3) is 0.529. The molecule has 1 fully saturated rings. The molecule has 1 aliphatic rings. The summed E-state index contributed by atoms with van der Waals surface area (Å²) in [5.74, 6) is 0.191. The molecular weight excluding hydrogens is 416 g/mol. The maximum Gasteiger partial charge on any atom is 0.251 e. The van der Waals surface area contributed by atoms with Gasteiger partial charge in [-0.15, -0.1) is 0 Å². The van der Waals surface area contributed by atoms with E-state index in [1.165, 1.54) is 16.6 Å². The zero-order valence-electron chi connectivity index (χ0n) is 16.3. The van der Waals surface area contributed by atoms with E-state index >= 15 is 0 Å². The van der Waals surface area contributed by atoms with Crippen LogP contribution in [0.25, 0.3) is 0 Å². The first-order valence-corrected chi connectivity index (χ1v) is 11.3. The number of H-pyrrole nitrogens is 1. The molecule has 29 heavy (non-hydrogen) atoms. The topological polar surface area (TPSA) is 122 Å². The molecule has 1 amide bonds. The fourth-order valence-corrected chi connectivity index (χ4v) is 4.84. The van der Waals surface area contributed by atoms with Crippen LogP contribution in [0.2, 0.25) is 0 Å². The molecule has 0 atom stereocenters. The molecule has 1 aliphatic carbocycles. The SMILES string of the molecule is CCN(CC)S(=O)(=O)c1ccc(=O)n(CC(=O)NCc2n[nH]c(=S)n2C2CC2)c1. The molecular formula is C17H24N6O4S2. The Morgan fingerprint density at radius 3 is 2.66 bits per heavy atom. The van der Waals surface area contributed by atoms with Crippen molar-refractivity contribution in [1.82, 2.24) is 29.0 Å². The first kappa shape index (κ1) is 21.4. The Hall–Kier alpha value is -2.31. The maximum atomic E-state index is 12.6. The van der Waals surface area contributed by atoms with Crippen molar-refractivity contribution >= 4 is 28.1 Å². The lowest BCUT2D eigenvalue weighted by atomic mass is 10.4. The van der Waals surface area contributed by atoms with Crippen LogP contribution in [-0.4, -0.2) is 51.1 Å². The van der Waals surface area contributed by atoms with Gasteiger partial charge in [-0.3, -0.25) is 19.3 Å². The highest BCUT2D eigenvalue weighted by Gasteiger charge is 2.27. The second-order valence-corrected chi connectivity index (χ2v) is 9.07. The molecule has 3 rings (SSSR count). The molecule has 2 N–H and O–H groups in total. The van der Waals surface area contributed by atoms with Crippen molar-refractivity contribution in [2.75, 3.05) is 13.1 Å². The molecule has 0 radical (unpaired) electrons. The van der Waals surface area contributed by atoms with Crippen LogP contribution in [0.1, 0.15) is 38.6 Å². The van der Waals surface area contributed by atoms with Gasteiger partial charge < -0.3 is 9.88 Å². The molecule has 0 spiro atoms. The summed E-state index contributed by atoms with van der Waals surface area (Å²) in [6, 6.07) is 2.73. The third-order valence-corrected chi connectivity index (χ3v) is 7.07. The molecule has 158 valence electrons. The molecule has 0 saturated heterocycles. The Labute approximate surface area is 173 Å². The summed E-state index contributed by atoms with van der Waals surface area (Å²) >= 11 is 5.21. The highest BCUT2D eigenvalue weighted by atomic mass is 32.2. The minimum Gasteiger partial charge on any atom is -0.347 e. The van der Waals surface area contributed by atoms with Crippen molar-refractivity contribution in [2.24, 2.45) is 0 Å². The number of carbonyl (C=O) groups is 1. The summed E-state index contributed by atoms with van der Waals surface area (Å²) in [6.45, 7) is 3.97. The number of rotatable bonds is 9. The minimum absolute atomic E-state index is 0.0248. The molecule has 2 aromatic rings. The van der Waals surface area contributed by atoms with Gasteiger partial charge in [0.25, 0.3) is 5.56 Å². The average molecular weight is 441 g/mol. The lowest BCUT2D eigenvalue weighted by Gasteiger charge is -2.19. The standard InChI is InChI=1S/C17H24N6O4S2/c1-3-22(4-2)29(26,27)13-7-8-16(25)21(10-13)11-15(24)18-9-14-19-20-17(28)23(14)12-5-6-12/h7-8,10,12H,3-6,9,11H2,1-2H3,(H,18,24)(H,20,28). The number of hydrogen-bond donors (Lipinski definition) is 2. The number of hydrogen-bond acceptors (Lipinski definition) is 6. The second-order valence-electron chi connectivity index (χ2n) is 6.74. The normalized spacial score (nSPS) is 14.3. The smallest absolute Gasteiger partial charge is 0.251 e. The van der Waals surface area contributed by atoms with Crippen molar-refractivity contribution in [3.63, 3.8) is 0 Å². The second kappa shape index (κ2) is 8.59. The van der Waals surface area contributed by atoms with E-state index in [1.807, 2.05) is 4.57 Å². The first-order valence-electron chi connectivity index (χ1n) is 9.41. The van der Waals surface area contributed by atoms with Crippen molar-refractivity contribution in [3.8, 4) is 0 Å². The number of amides is 1. The number of nitrogens with zero attached hydrogens (tertiary/aromatic N) is 4. The van der Waals surface area contributed by atoms with Crippen LogP contribution < -0.4 is 10.9 Å². The molecule has 2 aromatic heterocycles. The molecule has 0 aliphatic heterocycles. The third-order valence-electron chi connectivity index (χ3n) is 4.75. The van der Waals surface area contributed by atoms with Gasteiger partial charge in [-0.1, -0.05) is 13.8 Å². The molecule has 0 aromatic carbocycles. The van der Waals surface area contributed by atoms with E-state index in [9.17, 15) is 18.0 Å². The Kier molecular flexibility index (Phi) is 6.34. The van der Waals surface area contributed by atoms with Gasteiger partial charge in [0.05, 0.1) is 11.4 Å². The molecule has 1 saturated carbocycles. The van der Waals surface area contributed by atoms with Gasteiger partial charge in [-0.25, -0.2) is 8.42 Å². The monoisotopic (exact) mass is 440 g/mol. The lowest BCUT2D eigenvalue weighted by Crippen LogP contribution is -2.34. The van der Waals surface area contributed by atoms with Crippen molar-refractivity contribution in [1.29, 1.82) is 0 Å². The van der Waals surface area contributed by atoms with Gasteiger partial charge in [0.15, 0.2) is 10.6 Å². The van der Waals surface area contributed by atoms with Gasteiger partial charge in [0.1, 0.15) is 6.54 Å². The fourth-order valence-electron chi connectivity index (χ4n) is 3.06. The predicted octanol–water partition coefficient (Wildman–Crippen LogP) is 0.784. The van der Waals surface area contributed by atoms with Crippen molar-refractivity contribution < 1.29 is 13.2 Å². The Balaban J connectivity index is 1.72. The van der Waals surface area contributed by atoms with Gasteiger partial charge in [-0.2, -0.15) is 9.40 Å². The summed E-state index contributed by atoms with van der Waals surface area (Å²) in [5, 5.41) is 9.57. The van der Waals surface area contributed by atoms with Crippen LogP contribution in [0.3, 0.4) is 0 Å². The highest BCUT2D eigenvalue weighted by molar-refractivity contribution is 7.89. The van der Waals surface area contributed by atoms with Gasteiger partial charge >= 0.3 is 0 Å². The minimum atomic E-state index is -3.72. The van der Waals surface area contributed by atoms with Crippen LogP contribution in [0.5, 0.6) is 0 Å². The molecule has 0 bridgehead atoms. The Bertz CT molecular complexity index is 1110. The third kappa shape index (κ3) is 4.65. The largest absolute Gasteiger partial charge is 0.347 e. The summed E-state index contributed by atoms with van der Waals surface area (Å²) in [4.78, 5) is 24.4. The van der Waals surface area contributed by atoms with E-state index in [2.05, 4.69) is 15.5 Å². The van der Waals surface area contributed by atoms with Crippen LogP contribution >= 0.6 is 12.2 Å². The quantitative estimate of drug-likeness (QED) is 0.556. The van der Waals surface area contributed by atoms with E-state index in [1.54, 1.807) is 13.8 Å². The average Bonchev–Trinajstić information content (AvgIpc) is 3.44. The summed E-state index contributed by atoms with van der Waals surface area (Å²) < 4.78 is 30.1. The highest BCUT2D eigenvalue weighted by Crippen LogP contribution is 2.35. The number of nitrogens with one attached hydrogen (secondary N) is 2. The number of sulfonamides is 1. The van der Waals surface area contributed by atoms with Crippen LogP contribution in [0.4, 0.5) is 0 Å². The molecule has 10 nitrogen and oxygen atoms in total. The van der Waals surface area contributed by atoms with Crippen molar-refractivity contribution in [3.05, 3.63) is 39.3 Å². The van der Waals surface area contributed by atoms with E-state index < -0.39 is 21.5 Å². The molecule has 12 heteroatoms. The summed E-state index contributed by atoms with van der Waals surface area (Å²) in [6.07, 6.45) is 3.26. The predicted molar refractivity (Wildman–Crippen MR) is 108 cm³/mol. The van der Waals surface area contributed by atoms with Crippen molar-refractivity contribution in [2.45, 2.75) is 50.7 Å². The number of aromatic amines is 1. The van der Waals surface area contributed by atoms with Crippen LogP contribution in [0, 0.1) is 4.77 Å². The number of carbonyl (C=O) groups excluding carboxylic acids is 1. The summed E-state index contributed by atoms with van der Waals surface area (Å²) in [5.41, 5.74) is -0.459. The van der Waals surface area contributed by atoms with Crippen LogP contribution in [0.15, 0.2) is 28.0 Å². The molecule has 2 heterocycles. The van der Waals surface area contributed by atoms with E-state index in [0.717, 1.165) is 23.5 Å². The van der Waals surface area contributed by atoms with E-state index in [4.69, 9.17) is 12.2 Å². The Morgan fingerprint density at radius 1 is 1.34 bits per heavy atom.